The molecule has 29 heavy (non-hydrogen) atoms. The molecule has 0 aromatic heterocycles. The Balaban J connectivity index is 1.46. The predicted molar refractivity (Wildman–Crippen MR) is 119 cm³/mol. The van der Waals surface area contributed by atoms with Gasteiger partial charge in [0.25, 0.3) is 0 Å². The minimum absolute atomic E-state index is 0.0382. The molecule has 9 atom stereocenters. The van der Waals surface area contributed by atoms with Gasteiger partial charge in [-0.25, -0.2) is 0 Å². The van der Waals surface area contributed by atoms with Crippen LogP contribution in [0.15, 0.2) is 0 Å². The van der Waals surface area contributed by atoms with Crippen molar-refractivity contribution >= 4 is 5.78 Å². The monoisotopic (exact) mass is 402 g/mol. The van der Waals surface area contributed by atoms with Crippen LogP contribution in [0.2, 0.25) is 0 Å². The maximum absolute atomic E-state index is 12.2. The third-order valence-electron chi connectivity index (χ3n) is 10.9. The third-order valence-corrected chi connectivity index (χ3v) is 10.9. The summed E-state index contributed by atoms with van der Waals surface area (Å²) < 4.78 is 0. The standard InChI is InChI=1S/C27H46O2/c1-17(2)25(29)11-6-18(3)22-9-10-23-21-8-7-19-16-20(28)12-14-26(19,4)24(21)13-15-27(22,23)5/h17-24,28H,6-16H2,1-5H3/t18-,19?,20?,21+,22-,23+,24+,26+,27-/m1/s1. The number of fused-ring (bicyclic) bond motifs is 5. The van der Waals surface area contributed by atoms with Gasteiger partial charge in [0.15, 0.2) is 0 Å². The average Bonchev–Trinajstić information content (AvgIpc) is 3.03. The molecule has 0 radical (unpaired) electrons. The summed E-state index contributed by atoms with van der Waals surface area (Å²) in [6.45, 7) is 11.8. The normalized spacial score (nSPS) is 48.0. The molecule has 2 heteroatoms. The van der Waals surface area contributed by atoms with E-state index in [0.717, 1.165) is 55.3 Å². The summed E-state index contributed by atoms with van der Waals surface area (Å²) in [5.74, 6) is 5.60. The molecule has 0 saturated heterocycles. The van der Waals surface area contributed by atoms with E-state index in [1.54, 1.807) is 0 Å². The molecule has 4 saturated carbocycles. The topological polar surface area (TPSA) is 37.3 Å². The van der Waals surface area contributed by atoms with Gasteiger partial charge in [-0.2, -0.15) is 0 Å². The molecule has 0 aromatic carbocycles. The van der Waals surface area contributed by atoms with Crippen LogP contribution in [0, 0.1) is 52.3 Å². The van der Waals surface area contributed by atoms with Gasteiger partial charge in [0.1, 0.15) is 5.78 Å². The summed E-state index contributed by atoms with van der Waals surface area (Å²) in [5, 5.41) is 10.2. The second-order valence-corrected chi connectivity index (χ2v) is 12.5. The van der Waals surface area contributed by atoms with Crippen molar-refractivity contribution in [1.29, 1.82) is 0 Å². The molecule has 1 N–H and O–H groups in total. The van der Waals surface area contributed by atoms with E-state index in [1.165, 1.54) is 44.9 Å². The summed E-state index contributed by atoms with van der Waals surface area (Å²) in [7, 11) is 0. The first kappa shape index (κ1) is 21.8. The van der Waals surface area contributed by atoms with Crippen LogP contribution in [-0.4, -0.2) is 17.0 Å². The lowest BCUT2D eigenvalue weighted by Gasteiger charge is -2.61. The van der Waals surface area contributed by atoms with E-state index in [0.29, 0.717) is 22.5 Å². The first-order valence-corrected chi connectivity index (χ1v) is 12.9. The smallest absolute Gasteiger partial charge is 0.135 e. The van der Waals surface area contributed by atoms with Crippen molar-refractivity contribution in [3.8, 4) is 0 Å². The highest BCUT2D eigenvalue weighted by Gasteiger charge is 2.60. The van der Waals surface area contributed by atoms with Gasteiger partial charge in [-0.05, 0) is 111 Å². The molecule has 4 aliphatic carbocycles. The van der Waals surface area contributed by atoms with Gasteiger partial charge >= 0.3 is 0 Å². The van der Waals surface area contributed by atoms with Crippen LogP contribution in [0.25, 0.3) is 0 Å². The van der Waals surface area contributed by atoms with Gasteiger partial charge in [0.2, 0.25) is 0 Å². The number of rotatable bonds is 5. The second kappa shape index (κ2) is 7.95. The fraction of sp³-hybridized carbons (Fsp3) is 0.963. The van der Waals surface area contributed by atoms with E-state index in [-0.39, 0.29) is 12.0 Å². The van der Waals surface area contributed by atoms with Crippen molar-refractivity contribution in [3.63, 3.8) is 0 Å². The van der Waals surface area contributed by atoms with Crippen molar-refractivity contribution in [2.24, 2.45) is 52.3 Å². The lowest BCUT2D eigenvalue weighted by Crippen LogP contribution is -2.54. The average molecular weight is 403 g/mol. The minimum atomic E-state index is -0.0382. The van der Waals surface area contributed by atoms with Crippen LogP contribution in [-0.2, 0) is 4.79 Å². The molecule has 0 aromatic rings. The number of aliphatic hydroxyl groups is 1. The molecule has 0 aliphatic heterocycles. The SMILES string of the molecule is CC(C)C(=O)CC[C@@H](C)[C@H]1CC[C@H]2[C@@H]3CCC4CC(O)CC[C@]4(C)[C@H]3CC[C@]12C. The Bertz CT molecular complexity index is 612. The molecule has 4 rings (SSSR count). The van der Waals surface area contributed by atoms with Crippen LogP contribution in [0.1, 0.15) is 105 Å². The van der Waals surface area contributed by atoms with Crippen molar-refractivity contribution in [1.82, 2.24) is 0 Å². The first-order valence-electron chi connectivity index (χ1n) is 12.9. The fourth-order valence-corrected chi connectivity index (χ4v) is 9.07. The van der Waals surface area contributed by atoms with E-state index in [9.17, 15) is 9.90 Å². The van der Waals surface area contributed by atoms with Gasteiger partial charge in [-0.15, -0.1) is 0 Å². The van der Waals surface area contributed by atoms with E-state index >= 15 is 0 Å². The van der Waals surface area contributed by atoms with Gasteiger partial charge in [-0.1, -0.05) is 34.6 Å². The molecular weight excluding hydrogens is 356 g/mol. The van der Waals surface area contributed by atoms with Crippen molar-refractivity contribution in [2.45, 2.75) is 111 Å². The molecule has 0 bridgehead atoms. The summed E-state index contributed by atoms with van der Waals surface area (Å²) >= 11 is 0. The van der Waals surface area contributed by atoms with Crippen molar-refractivity contribution in [2.75, 3.05) is 0 Å². The molecule has 2 unspecified atom stereocenters. The highest BCUT2D eigenvalue weighted by molar-refractivity contribution is 5.80. The highest BCUT2D eigenvalue weighted by atomic mass is 16.3. The van der Waals surface area contributed by atoms with Crippen LogP contribution < -0.4 is 0 Å². The lowest BCUT2D eigenvalue weighted by atomic mass is 9.44. The maximum Gasteiger partial charge on any atom is 0.135 e. The number of ketones is 1. The number of carbonyl (C=O) groups is 1. The summed E-state index contributed by atoms with van der Waals surface area (Å²) in [5.41, 5.74) is 0.982. The highest BCUT2D eigenvalue weighted by Crippen LogP contribution is 2.68. The van der Waals surface area contributed by atoms with Gasteiger partial charge in [0.05, 0.1) is 6.10 Å². The molecule has 4 fully saturated rings. The number of aliphatic hydroxyl groups excluding tert-OH is 1. The second-order valence-electron chi connectivity index (χ2n) is 12.5. The lowest BCUT2D eigenvalue weighted by molar-refractivity contribution is -0.130. The van der Waals surface area contributed by atoms with E-state index < -0.39 is 0 Å². The molecular formula is C27H46O2. The molecule has 0 amide bonds. The summed E-state index contributed by atoms with van der Waals surface area (Å²) in [6, 6.07) is 0. The predicted octanol–water partition coefficient (Wildman–Crippen LogP) is 6.65. The van der Waals surface area contributed by atoms with Crippen LogP contribution in [0.5, 0.6) is 0 Å². The molecule has 2 nitrogen and oxygen atoms in total. The van der Waals surface area contributed by atoms with Gasteiger partial charge in [-0.3, -0.25) is 4.79 Å². The Hall–Kier alpha value is -0.370. The Morgan fingerprint density at radius 3 is 2.34 bits per heavy atom. The van der Waals surface area contributed by atoms with Crippen molar-refractivity contribution in [3.05, 3.63) is 0 Å². The zero-order chi connectivity index (χ0) is 21.0. The zero-order valence-corrected chi connectivity index (χ0v) is 19.8. The first-order chi connectivity index (χ1) is 13.7. The van der Waals surface area contributed by atoms with Crippen molar-refractivity contribution < 1.29 is 9.90 Å². The van der Waals surface area contributed by atoms with Crippen LogP contribution in [0.3, 0.4) is 0 Å². The fourth-order valence-electron chi connectivity index (χ4n) is 9.07. The molecule has 166 valence electrons. The van der Waals surface area contributed by atoms with Crippen LogP contribution in [0.4, 0.5) is 0 Å². The number of carbonyl (C=O) groups excluding carboxylic acids is 1. The van der Waals surface area contributed by atoms with E-state index in [1.807, 2.05) is 13.8 Å². The number of hydrogen-bond acceptors (Lipinski definition) is 2. The minimum Gasteiger partial charge on any atom is -0.393 e. The molecule has 0 heterocycles. The summed E-state index contributed by atoms with van der Waals surface area (Å²) in [6.07, 6.45) is 13.6. The molecule has 0 spiro atoms. The Morgan fingerprint density at radius 2 is 1.62 bits per heavy atom. The van der Waals surface area contributed by atoms with Gasteiger partial charge < -0.3 is 5.11 Å². The largest absolute Gasteiger partial charge is 0.393 e. The Kier molecular flexibility index (Phi) is 5.99. The third kappa shape index (κ3) is 3.64. The molecule has 4 aliphatic rings. The van der Waals surface area contributed by atoms with Gasteiger partial charge in [0, 0.05) is 12.3 Å². The van der Waals surface area contributed by atoms with E-state index in [2.05, 4.69) is 20.8 Å². The number of hydrogen-bond donors (Lipinski definition) is 1. The zero-order valence-electron chi connectivity index (χ0n) is 19.8. The van der Waals surface area contributed by atoms with E-state index in [4.69, 9.17) is 0 Å². The maximum atomic E-state index is 12.2. The number of Topliss-reactive ketones (excluding diaryl/α,β-unsaturated/α-hetero) is 1. The quantitative estimate of drug-likeness (QED) is 0.559. The Morgan fingerprint density at radius 1 is 0.931 bits per heavy atom. The Labute approximate surface area is 179 Å². The van der Waals surface area contributed by atoms with Crippen LogP contribution >= 0.6 is 0 Å². The summed E-state index contributed by atoms with van der Waals surface area (Å²) in [4.78, 5) is 12.2.